The van der Waals surface area contributed by atoms with E-state index in [9.17, 15) is 50.9 Å². The number of halogens is 8. The van der Waals surface area contributed by atoms with Crippen LogP contribution in [0.15, 0.2) is 12.4 Å². The van der Waals surface area contributed by atoms with Gasteiger partial charge in [-0.3, -0.25) is 4.74 Å². The van der Waals surface area contributed by atoms with Gasteiger partial charge in [-0.1, -0.05) is 10.5 Å². The highest BCUT2D eigenvalue weighted by Crippen LogP contribution is 2.45. The molecule has 0 aliphatic heterocycles. The van der Waals surface area contributed by atoms with Crippen molar-refractivity contribution in [2.75, 3.05) is 5.75 Å². The maximum absolute atomic E-state index is 13.5. The fourth-order valence-corrected chi connectivity index (χ4v) is 2.09. The summed E-state index contributed by atoms with van der Waals surface area (Å²) >= 11 is 0. The minimum Gasteiger partial charge on any atom is -0.269 e. The smallest absolute Gasteiger partial charge is 0.269 e. The second-order valence-corrected chi connectivity index (χ2v) is 6.14. The number of rotatable bonds is 7. The van der Waals surface area contributed by atoms with Crippen molar-refractivity contribution in [1.29, 1.82) is 0 Å². The summed E-state index contributed by atoms with van der Waals surface area (Å²) in [6, 6.07) is 0. The molecule has 126 valence electrons. The minimum atomic E-state index is -7.38. The van der Waals surface area contributed by atoms with Crippen LogP contribution in [0.5, 0.6) is 0 Å². The van der Waals surface area contributed by atoms with E-state index in [1.165, 1.54) is 0 Å². The fraction of sp³-hybridized carbons (Fsp3) is 0.667. The normalized spacial score (nSPS) is 17.3. The molecule has 0 spiro atoms. The Kier molecular flexibility index (Phi) is 5.10. The zero-order valence-corrected chi connectivity index (χ0v) is 10.9. The van der Waals surface area contributed by atoms with Gasteiger partial charge >= 0.3 is 37.7 Å². The zero-order valence-electron chi connectivity index (χ0n) is 9.30. The molecule has 1 atom stereocenters. The van der Waals surface area contributed by atoms with E-state index in [0.717, 1.165) is 0 Å². The highest BCUT2D eigenvalue weighted by Gasteiger charge is 2.71. The Morgan fingerprint density at radius 1 is 1.00 bits per heavy atom. The summed E-state index contributed by atoms with van der Waals surface area (Å²) in [6.45, 7) is 1.81. The quantitative estimate of drug-likeness (QED) is 0.504. The Labute approximate surface area is 112 Å². The molecule has 21 heavy (non-hydrogen) atoms. The molecule has 15 heteroatoms. The second kappa shape index (κ2) is 5.35. The Morgan fingerprint density at radius 2 is 1.38 bits per heavy atom. The van der Waals surface area contributed by atoms with Crippen LogP contribution in [0, 0.1) is 0 Å². The van der Waals surface area contributed by atoms with E-state index < -0.39 is 49.2 Å². The van der Waals surface area contributed by atoms with Gasteiger partial charge in [-0.05, 0) is 0 Å². The first-order chi connectivity index (χ1) is 8.86. The predicted octanol–water partition coefficient (Wildman–Crippen LogP) is 1.94. The van der Waals surface area contributed by atoms with Gasteiger partial charge in [-0.2, -0.15) is 34.4 Å². The van der Waals surface area contributed by atoms with Gasteiger partial charge < -0.3 is 0 Å². The maximum atomic E-state index is 13.5. The molecular formula is C6H4F8O5S2. The van der Waals surface area contributed by atoms with Gasteiger partial charge in [0.2, 0.25) is 0 Å². The van der Waals surface area contributed by atoms with Crippen LogP contribution in [0.25, 0.3) is 0 Å². The summed E-state index contributed by atoms with van der Waals surface area (Å²) in [5, 5.41) is -6.60. The lowest BCUT2D eigenvalue weighted by atomic mass is 10.3. The highest BCUT2D eigenvalue weighted by atomic mass is 32.3. The molecule has 0 fully saturated rings. The Hall–Kier alpha value is -0.960. The van der Waals surface area contributed by atoms with Crippen molar-refractivity contribution in [1.82, 2.24) is 0 Å². The third kappa shape index (κ3) is 4.50. The molecule has 0 aliphatic carbocycles. The molecule has 0 aromatic heterocycles. The summed E-state index contributed by atoms with van der Waals surface area (Å²) in [5.41, 5.74) is 0. The second-order valence-electron chi connectivity index (χ2n) is 3.39. The maximum Gasteiger partial charge on any atom is 0.432 e. The lowest BCUT2D eigenvalue weighted by molar-refractivity contribution is -0.348. The first-order valence-electron chi connectivity index (χ1n) is 4.22. The third-order valence-electron chi connectivity index (χ3n) is 1.70. The molecule has 0 aromatic carbocycles. The van der Waals surface area contributed by atoms with Crippen molar-refractivity contribution in [2.24, 2.45) is 0 Å². The average Bonchev–Trinajstić information content (AvgIpc) is 2.10. The van der Waals surface area contributed by atoms with Crippen molar-refractivity contribution in [3.8, 4) is 0 Å². The summed E-state index contributed by atoms with van der Waals surface area (Å²) in [6.07, 6.45) is -5.70. The van der Waals surface area contributed by atoms with Crippen LogP contribution in [0.2, 0.25) is 0 Å². The first-order valence-corrected chi connectivity index (χ1v) is 7.15. The van der Waals surface area contributed by atoms with Crippen LogP contribution in [0.1, 0.15) is 0 Å². The van der Waals surface area contributed by atoms with Gasteiger partial charge in [0.15, 0.2) is 5.83 Å². The monoisotopic (exact) mass is 372 g/mol. The van der Waals surface area contributed by atoms with Gasteiger partial charge in [0, 0.05) is 0 Å². The number of ether oxygens (including phenoxy) is 1. The Bertz CT molecular complexity index is 626. The standard InChI is InChI=1S/C6H4F8O5S2/c1-3(7)5(9,10)19-4(8,2-20(13,15)16)6(11,12)21(14,17)18/h1-2H2. The lowest BCUT2D eigenvalue weighted by Crippen LogP contribution is -2.57. The molecule has 0 radical (unpaired) electrons. The van der Waals surface area contributed by atoms with E-state index in [1.54, 1.807) is 0 Å². The predicted molar refractivity (Wildman–Crippen MR) is 50.0 cm³/mol. The van der Waals surface area contributed by atoms with Crippen LogP contribution in [0.3, 0.4) is 0 Å². The molecule has 0 N–H and O–H groups in total. The SMILES string of the molecule is C=C(F)C(F)(F)OC(F)(CS(=O)(=O)F)C(F)(F)S(=O)(=O)F. The highest BCUT2D eigenvalue weighted by molar-refractivity contribution is 7.88. The number of hydrogen-bond acceptors (Lipinski definition) is 5. The number of alkyl halides is 5. The number of hydrogen-bond donors (Lipinski definition) is 0. The van der Waals surface area contributed by atoms with E-state index >= 15 is 0 Å². The molecule has 0 saturated carbocycles. The van der Waals surface area contributed by atoms with Crippen LogP contribution in [-0.2, 0) is 25.2 Å². The molecule has 0 saturated heterocycles. The summed E-state index contributed by atoms with van der Waals surface area (Å²) < 4.78 is 144. The molecule has 0 bridgehead atoms. The Balaban J connectivity index is 6.12. The van der Waals surface area contributed by atoms with Gasteiger partial charge in [-0.15, -0.1) is 3.89 Å². The van der Waals surface area contributed by atoms with E-state index in [-0.39, 0.29) is 0 Å². The van der Waals surface area contributed by atoms with Crippen molar-refractivity contribution in [3.63, 3.8) is 0 Å². The van der Waals surface area contributed by atoms with Crippen molar-refractivity contribution < 1.29 is 55.7 Å². The van der Waals surface area contributed by atoms with Crippen molar-refractivity contribution in [2.45, 2.75) is 17.2 Å². The lowest BCUT2D eigenvalue weighted by Gasteiger charge is -2.31. The average molecular weight is 372 g/mol. The van der Waals surface area contributed by atoms with E-state index in [2.05, 4.69) is 4.74 Å². The summed E-state index contributed by atoms with van der Waals surface area (Å²) in [4.78, 5) is 0. The molecule has 0 rings (SSSR count). The van der Waals surface area contributed by atoms with E-state index in [1.807, 2.05) is 6.58 Å². The summed E-state index contributed by atoms with van der Waals surface area (Å²) in [5.74, 6) is -12.3. The van der Waals surface area contributed by atoms with Gasteiger partial charge in [-0.25, -0.2) is 8.78 Å². The molecule has 0 aliphatic rings. The van der Waals surface area contributed by atoms with Crippen LogP contribution >= 0.6 is 0 Å². The molecule has 1 unspecified atom stereocenters. The van der Waals surface area contributed by atoms with Crippen LogP contribution in [0.4, 0.5) is 34.1 Å². The minimum absolute atomic E-state index is 1.81. The van der Waals surface area contributed by atoms with Crippen molar-refractivity contribution in [3.05, 3.63) is 12.4 Å². The first kappa shape index (κ1) is 20.0. The molecule has 0 aromatic rings. The zero-order chi connectivity index (χ0) is 17.5. The van der Waals surface area contributed by atoms with Crippen molar-refractivity contribution >= 4 is 20.4 Å². The third-order valence-corrected chi connectivity index (χ3v) is 3.34. The van der Waals surface area contributed by atoms with E-state index in [4.69, 9.17) is 0 Å². The Morgan fingerprint density at radius 3 is 1.62 bits per heavy atom. The molecule has 5 nitrogen and oxygen atoms in total. The molecule has 0 amide bonds. The van der Waals surface area contributed by atoms with Gasteiger partial charge in [0.1, 0.15) is 5.75 Å². The van der Waals surface area contributed by atoms with Gasteiger partial charge in [0.25, 0.3) is 0 Å². The molecular weight excluding hydrogens is 368 g/mol. The van der Waals surface area contributed by atoms with Crippen LogP contribution < -0.4 is 0 Å². The largest absolute Gasteiger partial charge is 0.432 e. The van der Waals surface area contributed by atoms with E-state index in [0.29, 0.717) is 0 Å². The summed E-state index contributed by atoms with van der Waals surface area (Å²) in [7, 11) is -13.8. The van der Waals surface area contributed by atoms with Gasteiger partial charge in [0.05, 0.1) is 0 Å². The fourth-order valence-electron chi connectivity index (χ4n) is 0.835. The van der Waals surface area contributed by atoms with Crippen LogP contribution in [-0.4, -0.2) is 39.8 Å². The topological polar surface area (TPSA) is 77.5 Å². The molecule has 0 heterocycles.